The molecule has 24 heavy (non-hydrogen) atoms. The first-order valence-corrected chi connectivity index (χ1v) is 10.2. The number of carbonyl (C=O) groups is 2. The van der Waals surface area contributed by atoms with Crippen LogP contribution in [0.25, 0.3) is 0 Å². The molecule has 1 aliphatic rings. The fourth-order valence-corrected chi connectivity index (χ4v) is 3.66. The average Bonchev–Trinajstić information content (AvgIpc) is 3.37. The van der Waals surface area contributed by atoms with Gasteiger partial charge in [-0.25, -0.2) is 13.1 Å². The molecule has 1 aromatic rings. The van der Waals surface area contributed by atoms with Gasteiger partial charge in [0.15, 0.2) is 0 Å². The summed E-state index contributed by atoms with van der Waals surface area (Å²) in [6, 6.07) is 5.86. The van der Waals surface area contributed by atoms with Crippen LogP contribution in [0.15, 0.2) is 29.2 Å². The van der Waals surface area contributed by atoms with Crippen LogP contribution in [0.3, 0.4) is 0 Å². The van der Waals surface area contributed by atoms with Gasteiger partial charge in [-0.15, -0.1) is 11.8 Å². The Morgan fingerprint density at radius 3 is 2.71 bits per heavy atom. The topological polar surface area (TPSA) is 113 Å². The van der Waals surface area contributed by atoms with Crippen molar-refractivity contribution < 1.29 is 23.1 Å². The molecule has 0 radical (unpaired) electrons. The summed E-state index contributed by atoms with van der Waals surface area (Å²) in [7, 11) is -3.61. The Labute approximate surface area is 145 Å². The molecule has 1 saturated carbocycles. The quantitative estimate of drug-likeness (QED) is 0.527. The maximum atomic E-state index is 12.2. The lowest BCUT2D eigenvalue weighted by Gasteiger charge is -2.08. The van der Waals surface area contributed by atoms with Gasteiger partial charge in [-0.2, -0.15) is 0 Å². The zero-order chi connectivity index (χ0) is 17.6. The summed E-state index contributed by atoms with van der Waals surface area (Å²) < 4.78 is 27.0. The van der Waals surface area contributed by atoms with Crippen molar-refractivity contribution in [2.24, 2.45) is 5.92 Å². The minimum atomic E-state index is -3.61. The minimum Gasteiger partial charge on any atom is -0.481 e. The number of benzene rings is 1. The fraction of sp³-hybridized carbons (Fsp3) is 0.467. The van der Waals surface area contributed by atoms with Crippen LogP contribution in [-0.4, -0.2) is 50.0 Å². The predicted molar refractivity (Wildman–Crippen MR) is 91.6 cm³/mol. The predicted octanol–water partition coefficient (Wildman–Crippen LogP) is 0.922. The van der Waals surface area contributed by atoms with Crippen LogP contribution >= 0.6 is 11.8 Å². The normalized spacial score (nSPS) is 14.3. The number of hydrogen-bond acceptors (Lipinski definition) is 5. The summed E-state index contributed by atoms with van der Waals surface area (Å²) >= 11 is 1.20. The molecule has 1 aliphatic carbocycles. The van der Waals surface area contributed by atoms with Gasteiger partial charge >= 0.3 is 5.97 Å². The molecule has 0 aromatic heterocycles. The molecule has 132 valence electrons. The van der Waals surface area contributed by atoms with Crippen LogP contribution in [0.4, 0.5) is 0 Å². The Balaban J connectivity index is 1.88. The second kappa shape index (κ2) is 8.50. The van der Waals surface area contributed by atoms with Crippen molar-refractivity contribution in [3.8, 4) is 0 Å². The second-order valence-electron chi connectivity index (χ2n) is 5.53. The van der Waals surface area contributed by atoms with Gasteiger partial charge in [0.2, 0.25) is 10.0 Å². The van der Waals surface area contributed by atoms with Crippen molar-refractivity contribution in [1.29, 1.82) is 0 Å². The molecule has 0 unspecified atom stereocenters. The van der Waals surface area contributed by atoms with Crippen LogP contribution in [0.2, 0.25) is 0 Å². The highest BCUT2D eigenvalue weighted by atomic mass is 32.2. The van der Waals surface area contributed by atoms with E-state index in [0.29, 0.717) is 24.8 Å². The van der Waals surface area contributed by atoms with E-state index in [1.807, 2.05) is 0 Å². The van der Waals surface area contributed by atoms with Gasteiger partial charge in [0.1, 0.15) is 0 Å². The first-order valence-electron chi connectivity index (χ1n) is 7.56. The van der Waals surface area contributed by atoms with E-state index in [1.54, 1.807) is 6.07 Å². The Morgan fingerprint density at radius 2 is 2.04 bits per heavy atom. The summed E-state index contributed by atoms with van der Waals surface area (Å²) in [5.41, 5.74) is 0.257. The van der Waals surface area contributed by atoms with Crippen LogP contribution in [0.5, 0.6) is 0 Å². The van der Waals surface area contributed by atoms with E-state index in [-0.39, 0.29) is 22.1 Å². The lowest BCUT2D eigenvalue weighted by atomic mass is 10.2. The summed E-state index contributed by atoms with van der Waals surface area (Å²) in [6.07, 6.45) is 2.09. The van der Waals surface area contributed by atoms with E-state index in [9.17, 15) is 18.0 Å². The van der Waals surface area contributed by atoms with Crippen molar-refractivity contribution in [3.05, 3.63) is 29.8 Å². The molecule has 1 aromatic carbocycles. The minimum absolute atomic E-state index is 0.0176. The zero-order valence-corrected chi connectivity index (χ0v) is 14.7. The molecule has 2 rings (SSSR count). The monoisotopic (exact) mass is 372 g/mol. The fourth-order valence-electron chi connectivity index (χ4n) is 1.94. The van der Waals surface area contributed by atoms with E-state index in [2.05, 4.69) is 10.0 Å². The molecule has 3 N–H and O–H groups in total. The molecular formula is C15H20N2O5S2. The molecule has 1 fully saturated rings. The molecule has 9 heteroatoms. The first kappa shape index (κ1) is 18.8. The SMILES string of the molecule is O=C(O)CSCCNC(=O)c1cccc(S(=O)(=O)NCC2CC2)c1. The number of carboxylic acids is 1. The molecular weight excluding hydrogens is 352 g/mol. The second-order valence-corrected chi connectivity index (χ2v) is 8.40. The van der Waals surface area contributed by atoms with Crippen LogP contribution < -0.4 is 10.0 Å². The molecule has 0 heterocycles. The van der Waals surface area contributed by atoms with Gasteiger partial charge in [0.05, 0.1) is 10.6 Å². The van der Waals surface area contributed by atoms with E-state index in [0.717, 1.165) is 12.8 Å². The highest BCUT2D eigenvalue weighted by Crippen LogP contribution is 2.28. The van der Waals surface area contributed by atoms with E-state index in [1.165, 1.54) is 30.0 Å². The number of hydrogen-bond donors (Lipinski definition) is 3. The van der Waals surface area contributed by atoms with Crippen molar-refractivity contribution in [2.45, 2.75) is 17.7 Å². The Kier molecular flexibility index (Phi) is 6.64. The van der Waals surface area contributed by atoms with Gasteiger partial charge in [0.25, 0.3) is 5.91 Å². The summed E-state index contributed by atoms with van der Waals surface area (Å²) in [5, 5.41) is 11.2. The van der Waals surface area contributed by atoms with Gasteiger partial charge in [0, 0.05) is 24.4 Å². The number of amides is 1. The smallest absolute Gasteiger partial charge is 0.313 e. The molecule has 7 nitrogen and oxygen atoms in total. The molecule has 1 amide bonds. The van der Waals surface area contributed by atoms with Gasteiger partial charge in [-0.05, 0) is 37.0 Å². The summed E-state index contributed by atoms with van der Waals surface area (Å²) in [6.45, 7) is 0.743. The molecule has 0 aliphatic heterocycles. The number of thioether (sulfide) groups is 1. The van der Waals surface area contributed by atoms with Crippen molar-refractivity contribution in [3.63, 3.8) is 0 Å². The third-order valence-electron chi connectivity index (χ3n) is 3.42. The maximum absolute atomic E-state index is 12.2. The lowest BCUT2D eigenvalue weighted by molar-refractivity contribution is -0.133. The van der Waals surface area contributed by atoms with E-state index < -0.39 is 16.0 Å². The number of nitrogens with one attached hydrogen (secondary N) is 2. The van der Waals surface area contributed by atoms with Crippen LogP contribution in [0.1, 0.15) is 23.2 Å². The maximum Gasteiger partial charge on any atom is 0.313 e. The summed E-state index contributed by atoms with van der Waals surface area (Å²) in [5.74, 6) is -0.405. The Hall–Kier alpha value is -1.58. The standard InChI is InChI=1S/C15H20N2O5S2/c18-14(19)10-23-7-6-16-15(20)12-2-1-3-13(8-12)24(21,22)17-9-11-4-5-11/h1-3,8,11,17H,4-7,9-10H2,(H,16,20)(H,18,19). The van der Waals surface area contributed by atoms with Crippen molar-refractivity contribution in [1.82, 2.24) is 10.0 Å². The number of carboxylic acid groups (broad SMARTS) is 1. The summed E-state index contributed by atoms with van der Waals surface area (Å²) in [4.78, 5) is 22.5. The largest absolute Gasteiger partial charge is 0.481 e. The average molecular weight is 372 g/mol. The van der Waals surface area contributed by atoms with Gasteiger partial charge in [-0.3, -0.25) is 9.59 Å². The van der Waals surface area contributed by atoms with Crippen molar-refractivity contribution in [2.75, 3.05) is 24.6 Å². The molecule has 0 saturated heterocycles. The number of aliphatic carboxylic acids is 1. The molecule has 0 spiro atoms. The van der Waals surface area contributed by atoms with Gasteiger partial charge in [-0.1, -0.05) is 6.07 Å². The number of carbonyl (C=O) groups excluding carboxylic acids is 1. The van der Waals surface area contributed by atoms with Gasteiger partial charge < -0.3 is 10.4 Å². The van der Waals surface area contributed by atoms with E-state index in [4.69, 9.17) is 5.11 Å². The lowest BCUT2D eigenvalue weighted by Crippen LogP contribution is -2.28. The molecule has 0 bridgehead atoms. The van der Waals surface area contributed by atoms with Crippen molar-refractivity contribution >= 4 is 33.7 Å². The van der Waals surface area contributed by atoms with Crippen LogP contribution in [-0.2, 0) is 14.8 Å². The zero-order valence-electron chi connectivity index (χ0n) is 13.0. The number of rotatable bonds is 10. The number of sulfonamides is 1. The third kappa shape index (κ3) is 6.14. The first-order chi connectivity index (χ1) is 11.4. The third-order valence-corrected chi connectivity index (χ3v) is 5.79. The molecule has 0 atom stereocenters. The highest BCUT2D eigenvalue weighted by Gasteiger charge is 2.24. The van der Waals surface area contributed by atoms with Crippen LogP contribution in [0, 0.1) is 5.92 Å². The Morgan fingerprint density at radius 1 is 1.29 bits per heavy atom. The van der Waals surface area contributed by atoms with E-state index >= 15 is 0 Å². The Bertz CT molecular complexity index is 702. The highest BCUT2D eigenvalue weighted by molar-refractivity contribution is 7.99.